The number of non-ortho nitro benzene ring substituents is 1. The zero-order chi connectivity index (χ0) is 18.6. The number of carboxylic acids is 1. The van der Waals surface area contributed by atoms with Crippen LogP contribution in [0.4, 0.5) is 5.69 Å². The van der Waals surface area contributed by atoms with Crippen molar-refractivity contribution in [3.63, 3.8) is 0 Å². The van der Waals surface area contributed by atoms with E-state index in [2.05, 4.69) is 4.98 Å². The molecule has 0 saturated carbocycles. The van der Waals surface area contributed by atoms with Gasteiger partial charge in [0.1, 0.15) is 17.2 Å². The first-order valence-corrected chi connectivity index (χ1v) is 8.44. The summed E-state index contributed by atoms with van der Waals surface area (Å²) >= 11 is 1.18. The summed E-state index contributed by atoms with van der Waals surface area (Å²) in [6.07, 6.45) is 0.612. The lowest BCUT2D eigenvalue weighted by Gasteiger charge is -2.26. The van der Waals surface area contributed by atoms with Crippen LogP contribution in [0.3, 0.4) is 0 Å². The van der Waals surface area contributed by atoms with Crippen molar-refractivity contribution in [2.24, 2.45) is 0 Å². The number of nitro groups is 1. The lowest BCUT2D eigenvalue weighted by atomic mass is 10.2. The maximum atomic E-state index is 12.6. The molecular weight excluding hydrogens is 346 g/mol. The highest BCUT2D eigenvalue weighted by Crippen LogP contribution is 2.27. The molecule has 2 aromatic rings. The summed E-state index contributed by atoms with van der Waals surface area (Å²) in [5.41, 5.74) is 0.604. The first-order valence-electron chi connectivity index (χ1n) is 7.56. The highest BCUT2D eigenvalue weighted by molar-refractivity contribution is 7.13. The van der Waals surface area contributed by atoms with E-state index in [1.807, 2.05) is 6.92 Å². The van der Waals surface area contributed by atoms with Gasteiger partial charge in [-0.3, -0.25) is 19.7 Å². The summed E-state index contributed by atoms with van der Waals surface area (Å²) < 4.78 is 0. The van der Waals surface area contributed by atoms with Crippen LogP contribution in [-0.4, -0.2) is 44.4 Å². The molecule has 0 aliphatic rings. The molecule has 9 heteroatoms. The van der Waals surface area contributed by atoms with Crippen LogP contribution in [0.5, 0.6) is 0 Å². The van der Waals surface area contributed by atoms with Gasteiger partial charge in [-0.15, -0.1) is 11.3 Å². The number of thiazole rings is 1. The number of benzene rings is 1. The Hall–Kier alpha value is -2.81. The lowest BCUT2D eigenvalue weighted by Crippen LogP contribution is -2.42. The fraction of sp³-hybridized carbons (Fsp3) is 0.312. The predicted molar refractivity (Wildman–Crippen MR) is 92.6 cm³/mol. The maximum absolute atomic E-state index is 12.6. The maximum Gasteiger partial charge on any atom is 0.323 e. The van der Waals surface area contributed by atoms with Crippen molar-refractivity contribution in [1.82, 2.24) is 9.88 Å². The smallest absolute Gasteiger partial charge is 0.323 e. The first-order chi connectivity index (χ1) is 11.8. The summed E-state index contributed by atoms with van der Waals surface area (Å²) in [7, 11) is 0. The fourth-order valence-electron chi connectivity index (χ4n) is 2.20. The molecule has 8 nitrogen and oxygen atoms in total. The van der Waals surface area contributed by atoms with E-state index in [9.17, 15) is 19.7 Å². The fourth-order valence-corrected chi connectivity index (χ4v) is 2.99. The second-order valence-corrected chi connectivity index (χ2v) is 6.29. The Bertz CT molecular complexity index is 805. The number of aromatic nitrogens is 1. The topological polar surface area (TPSA) is 114 Å². The third-order valence-electron chi connectivity index (χ3n) is 3.72. The normalized spacial score (nSPS) is 11.8. The molecule has 1 atom stereocenters. The predicted octanol–water partition coefficient (Wildman–Crippen LogP) is 3.04. The van der Waals surface area contributed by atoms with Gasteiger partial charge in [0, 0.05) is 29.1 Å². The Balaban J connectivity index is 2.30. The molecule has 132 valence electrons. The van der Waals surface area contributed by atoms with Crippen LogP contribution in [0, 0.1) is 10.1 Å². The van der Waals surface area contributed by atoms with E-state index in [1.54, 1.807) is 19.1 Å². The Morgan fingerprint density at radius 2 is 2.16 bits per heavy atom. The van der Waals surface area contributed by atoms with E-state index in [4.69, 9.17) is 5.11 Å². The Kier molecular flexibility index (Phi) is 5.81. The molecule has 0 aliphatic carbocycles. The summed E-state index contributed by atoms with van der Waals surface area (Å²) in [5.74, 6) is -1.56. The molecule has 0 fully saturated rings. The Morgan fingerprint density at radius 1 is 1.44 bits per heavy atom. The minimum Gasteiger partial charge on any atom is -0.480 e. The largest absolute Gasteiger partial charge is 0.480 e. The number of hydrogen-bond donors (Lipinski definition) is 1. The highest BCUT2D eigenvalue weighted by Gasteiger charge is 2.25. The number of nitrogens with zero attached hydrogens (tertiary/aromatic N) is 3. The molecule has 25 heavy (non-hydrogen) atoms. The second-order valence-electron chi connectivity index (χ2n) is 5.43. The molecule has 1 aromatic carbocycles. The van der Waals surface area contributed by atoms with E-state index in [0.717, 1.165) is 0 Å². The molecule has 1 N–H and O–H groups in total. The SMILES string of the molecule is CCC(C)N(CC(=O)O)C(=O)c1csc(-c2cccc([N+](=O)[O-])c2)n1. The quantitative estimate of drug-likeness (QED) is 0.597. The summed E-state index contributed by atoms with van der Waals surface area (Å²) in [5, 5.41) is 21.9. The van der Waals surface area contributed by atoms with Crippen molar-refractivity contribution in [2.75, 3.05) is 6.54 Å². The first kappa shape index (κ1) is 18.5. The van der Waals surface area contributed by atoms with Gasteiger partial charge in [0.25, 0.3) is 11.6 Å². The van der Waals surface area contributed by atoms with Crippen LogP contribution in [0.15, 0.2) is 29.6 Å². The number of rotatable bonds is 7. The van der Waals surface area contributed by atoms with Gasteiger partial charge in [0.15, 0.2) is 0 Å². The van der Waals surface area contributed by atoms with Crippen LogP contribution in [0.2, 0.25) is 0 Å². The molecule has 0 aliphatic heterocycles. The number of carbonyl (C=O) groups excluding carboxylic acids is 1. The molecule has 2 rings (SSSR count). The number of carbonyl (C=O) groups is 2. The van der Waals surface area contributed by atoms with Crippen LogP contribution in [0.1, 0.15) is 30.8 Å². The Labute approximate surface area is 147 Å². The Morgan fingerprint density at radius 3 is 2.76 bits per heavy atom. The average molecular weight is 363 g/mol. The lowest BCUT2D eigenvalue weighted by molar-refractivity contribution is -0.384. The van der Waals surface area contributed by atoms with Gasteiger partial charge in [-0.05, 0) is 13.3 Å². The standard InChI is InChI=1S/C16H17N3O5S/c1-3-10(2)18(8-14(20)21)16(22)13-9-25-15(17-13)11-5-4-6-12(7-11)19(23)24/h4-7,9-10H,3,8H2,1-2H3,(H,20,21). The van der Waals surface area contributed by atoms with Gasteiger partial charge >= 0.3 is 5.97 Å². The highest BCUT2D eigenvalue weighted by atomic mass is 32.1. The minimum absolute atomic E-state index is 0.0623. The second kappa shape index (κ2) is 7.84. The van der Waals surface area contributed by atoms with Crippen LogP contribution < -0.4 is 0 Å². The van der Waals surface area contributed by atoms with Gasteiger partial charge in [0.2, 0.25) is 0 Å². The van der Waals surface area contributed by atoms with Crippen LogP contribution in [-0.2, 0) is 4.79 Å². The van der Waals surface area contributed by atoms with E-state index in [-0.39, 0.29) is 17.4 Å². The number of carboxylic acid groups (broad SMARTS) is 1. The van der Waals surface area contributed by atoms with Crippen LogP contribution >= 0.6 is 11.3 Å². The molecule has 0 radical (unpaired) electrons. The van der Waals surface area contributed by atoms with Gasteiger partial charge in [-0.1, -0.05) is 19.1 Å². The molecule has 0 bridgehead atoms. The molecule has 0 spiro atoms. The molecule has 1 aromatic heterocycles. The van der Waals surface area contributed by atoms with Crippen molar-refractivity contribution in [2.45, 2.75) is 26.3 Å². The van der Waals surface area contributed by atoms with Crippen LogP contribution in [0.25, 0.3) is 10.6 Å². The number of nitro benzene ring substituents is 1. The van der Waals surface area contributed by atoms with E-state index in [0.29, 0.717) is 17.0 Å². The molecule has 1 heterocycles. The van der Waals surface area contributed by atoms with Crippen molar-refractivity contribution in [3.05, 3.63) is 45.5 Å². The molecule has 0 saturated heterocycles. The molecular formula is C16H17N3O5S. The van der Waals surface area contributed by atoms with Gasteiger partial charge in [0.05, 0.1) is 4.92 Å². The number of hydrogen-bond acceptors (Lipinski definition) is 6. The molecule has 1 unspecified atom stereocenters. The minimum atomic E-state index is -1.09. The van der Waals surface area contributed by atoms with E-state index >= 15 is 0 Å². The zero-order valence-corrected chi connectivity index (χ0v) is 14.5. The summed E-state index contributed by atoms with van der Waals surface area (Å²) in [6.45, 7) is 3.23. The van der Waals surface area contributed by atoms with Gasteiger partial charge < -0.3 is 10.0 Å². The van der Waals surface area contributed by atoms with Crippen molar-refractivity contribution in [3.8, 4) is 10.6 Å². The van der Waals surface area contributed by atoms with Crippen molar-refractivity contribution < 1.29 is 19.6 Å². The summed E-state index contributed by atoms with van der Waals surface area (Å²) in [4.78, 5) is 39.5. The average Bonchev–Trinajstić information content (AvgIpc) is 3.08. The summed E-state index contributed by atoms with van der Waals surface area (Å²) in [6, 6.07) is 5.74. The number of amides is 1. The van der Waals surface area contributed by atoms with Crippen molar-refractivity contribution >= 4 is 28.9 Å². The molecule has 1 amide bonds. The van der Waals surface area contributed by atoms with E-state index in [1.165, 1.54) is 33.7 Å². The van der Waals surface area contributed by atoms with Gasteiger partial charge in [-0.25, -0.2) is 4.98 Å². The zero-order valence-electron chi connectivity index (χ0n) is 13.7. The van der Waals surface area contributed by atoms with E-state index < -0.39 is 23.3 Å². The number of aliphatic carboxylic acids is 1. The van der Waals surface area contributed by atoms with Gasteiger partial charge in [-0.2, -0.15) is 0 Å². The third-order valence-corrected chi connectivity index (χ3v) is 4.61. The monoisotopic (exact) mass is 363 g/mol. The third kappa shape index (κ3) is 4.38. The van der Waals surface area contributed by atoms with Crippen molar-refractivity contribution in [1.29, 1.82) is 0 Å².